The molecular weight excluding hydrogens is 314 g/mol. The van der Waals surface area contributed by atoms with Crippen molar-refractivity contribution in [3.8, 4) is 5.75 Å². The molecule has 23 heavy (non-hydrogen) atoms. The number of ether oxygens (including phenoxy) is 1. The first-order valence-corrected chi connectivity index (χ1v) is 6.59. The maximum absolute atomic E-state index is 13.0. The molecule has 0 aliphatic rings. The Bertz CT molecular complexity index is 673. The lowest BCUT2D eigenvalue weighted by Gasteiger charge is -2.11. The Hall–Kier alpha value is -2.52. The van der Waals surface area contributed by atoms with E-state index in [9.17, 15) is 13.6 Å². The van der Waals surface area contributed by atoms with Gasteiger partial charge in [0, 0.05) is 12.1 Å². The highest BCUT2D eigenvalue weighted by Gasteiger charge is 2.16. The Morgan fingerprint density at radius 1 is 1.26 bits per heavy atom. The zero-order valence-electron chi connectivity index (χ0n) is 11.8. The Kier molecular flexibility index (Phi) is 5.61. The number of hydrogen-bond donors (Lipinski definition) is 3. The van der Waals surface area contributed by atoms with Gasteiger partial charge in [0.2, 0.25) is 0 Å². The molecule has 0 aliphatic carbocycles. The van der Waals surface area contributed by atoms with Gasteiger partial charge in [-0.25, -0.2) is 8.78 Å². The fourth-order valence-corrected chi connectivity index (χ4v) is 1.62. The molecule has 1 aromatic carbocycles. The van der Waals surface area contributed by atoms with Gasteiger partial charge in [-0.15, -0.1) is 0 Å². The van der Waals surface area contributed by atoms with Crippen molar-refractivity contribution in [2.45, 2.75) is 12.6 Å². The molecule has 1 heterocycles. The number of carbonyl (C=O) groups is 1. The zero-order chi connectivity index (χ0) is 16.8. The maximum Gasteiger partial charge on any atom is 0.273 e. The third-order valence-corrected chi connectivity index (χ3v) is 2.84. The van der Waals surface area contributed by atoms with E-state index in [2.05, 4.69) is 10.5 Å². The second kappa shape index (κ2) is 7.65. The third kappa shape index (κ3) is 4.47. The van der Waals surface area contributed by atoms with Crippen LogP contribution in [0.15, 0.2) is 28.8 Å². The summed E-state index contributed by atoms with van der Waals surface area (Å²) in [6.07, 6.45) is 0. The van der Waals surface area contributed by atoms with Crippen LogP contribution < -0.4 is 10.1 Å². The smallest absolute Gasteiger partial charge is 0.273 e. The number of rotatable bonds is 7. The van der Waals surface area contributed by atoms with E-state index in [4.69, 9.17) is 19.5 Å². The number of aliphatic hydroxyl groups is 2. The van der Waals surface area contributed by atoms with Crippen LogP contribution in [-0.4, -0.2) is 40.5 Å². The van der Waals surface area contributed by atoms with E-state index < -0.39 is 36.8 Å². The van der Waals surface area contributed by atoms with Gasteiger partial charge < -0.3 is 24.8 Å². The molecule has 0 atom stereocenters. The summed E-state index contributed by atoms with van der Waals surface area (Å²) in [6, 6.07) is 3.54. The van der Waals surface area contributed by atoms with Gasteiger partial charge in [-0.05, 0) is 12.1 Å². The highest BCUT2D eigenvalue weighted by molar-refractivity contribution is 5.92. The summed E-state index contributed by atoms with van der Waals surface area (Å²) in [7, 11) is 0. The minimum atomic E-state index is -1.04. The van der Waals surface area contributed by atoms with Crippen molar-refractivity contribution < 1.29 is 33.0 Å². The van der Waals surface area contributed by atoms with E-state index in [0.29, 0.717) is 0 Å². The van der Waals surface area contributed by atoms with E-state index in [1.807, 2.05) is 0 Å². The van der Waals surface area contributed by atoms with Gasteiger partial charge in [-0.3, -0.25) is 4.79 Å². The standard InChI is InChI=1S/C14H14F2N2O5/c15-11-2-1-9(3-12(11)16)22-7-10-4-13(18-23-10)14(21)17-8(5-19)6-20/h1-4,8,19-20H,5-7H2,(H,17,21). The monoisotopic (exact) mass is 328 g/mol. The predicted molar refractivity (Wildman–Crippen MR) is 72.6 cm³/mol. The molecule has 0 fully saturated rings. The summed E-state index contributed by atoms with van der Waals surface area (Å²) in [6.45, 7) is -0.993. The van der Waals surface area contributed by atoms with Crippen LogP contribution in [0.1, 0.15) is 16.2 Å². The van der Waals surface area contributed by atoms with Gasteiger partial charge >= 0.3 is 0 Å². The van der Waals surface area contributed by atoms with Crippen molar-refractivity contribution in [2.75, 3.05) is 13.2 Å². The molecule has 0 spiro atoms. The number of nitrogens with zero attached hydrogens (tertiary/aromatic N) is 1. The van der Waals surface area contributed by atoms with Crippen LogP contribution in [0.2, 0.25) is 0 Å². The molecule has 0 unspecified atom stereocenters. The molecular formula is C14H14F2N2O5. The molecule has 0 aliphatic heterocycles. The lowest BCUT2D eigenvalue weighted by atomic mass is 10.3. The maximum atomic E-state index is 13.0. The highest BCUT2D eigenvalue weighted by Crippen LogP contribution is 2.17. The summed E-state index contributed by atoms with van der Waals surface area (Å²) in [5, 5.41) is 23.6. The fourth-order valence-electron chi connectivity index (χ4n) is 1.62. The SMILES string of the molecule is O=C(NC(CO)CO)c1cc(COc2ccc(F)c(F)c2)on1. The average Bonchev–Trinajstić information content (AvgIpc) is 3.02. The van der Waals surface area contributed by atoms with Crippen molar-refractivity contribution in [3.05, 3.63) is 47.4 Å². The van der Waals surface area contributed by atoms with E-state index in [1.165, 1.54) is 12.1 Å². The Morgan fingerprint density at radius 3 is 2.65 bits per heavy atom. The molecule has 0 bridgehead atoms. The van der Waals surface area contributed by atoms with Gasteiger partial charge in [-0.1, -0.05) is 5.16 Å². The van der Waals surface area contributed by atoms with Crippen LogP contribution in [-0.2, 0) is 6.61 Å². The number of benzene rings is 1. The minimum absolute atomic E-state index is 0.0687. The number of amides is 1. The van der Waals surface area contributed by atoms with E-state index in [1.54, 1.807) is 0 Å². The molecule has 2 aromatic rings. The van der Waals surface area contributed by atoms with Crippen molar-refractivity contribution in [1.82, 2.24) is 10.5 Å². The van der Waals surface area contributed by atoms with Gasteiger partial charge in [0.05, 0.1) is 19.3 Å². The summed E-state index contributed by atoms with van der Waals surface area (Å²) in [5.41, 5.74) is -0.0687. The first-order chi connectivity index (χ1) is 11.0. The topological polar surface area (TPSA) is 105 Å². The largest absolute Gasteiger partial charge is 0.485 e. The van der Waals surface area contributed by atoms with Crippen LogP contribution in [0.4, 0.5) is 8.78 Å². The summed E-state index contributed by atoms with van der Waals surface area (Å²) in [5.74, 6) is -2.39. The molecule has 0 saturated carbocycles. The van der Waals surface area contributed by atoms with Crippen LogP contribution in [0.5, 0.6) is 5.75 Å². The van der Waals surface area contributed by atoms with Crippen molar-refractivity contribution in [3.63, 3.8) is 0 Å². The Balaban J connectivity index is 1.94. The van der Waals surface area contributed by atoms with E-state index >= 15 is 0 Å². The van der Waals surface area contributed by atoms with Crippen molar-refractivity contribution >= 4 is 5.91 Å². The van der Waals surface area contributed by atoms with Gasteiger partial charge in [-0.2, -0.15) is 0 Å². The second-order valence-electron chi connectivity index (χ2n) is 4.58. The first-order valence-electron chi connectivity index (χ1n) is 6.59. The molecule has 2 rings (SSSR count). The van der Waals surface area contributed by atoms with Crippen molar-refractivity contribution in [2.24, 2.45) is 0 Å². The average molecular weight is 328 g/mol. The third-order valence-electron chi connectivity index (χ3n) is 2.84. The summed E-state index contributed by atoms with van der Waals surface area (Å²) in [4.78, 5) is 11.8. The Morgan fingerprint density at radius 2 is 2.00 bits per heavy atom. The number of carbonyl (C=O) groups excluding carboxylic acids is 1. The minimum Gasteiger partial charge on any atom is -0.485 e. The predicted octanol–water partition coefficient (Wildman–Crippen LogP) is 0.615. The van der Waals surface area contributed by atoms with Crippen LogP contribution in [0.3, 0.4) is 0 Å². The zero-order valence-corrected chi connectivity index (χ0v) is 11.8. The number of halogens is 2. The number of aliphatic hydroxyl groups excluding tert-OH is 2. The molecule has 3 N–H and O–H groups in total. The van der Waals surface area contributed by atoms with Crippen LogP contribution in [0.25, 0.3) is 0 Å². The Labute approximate surface area is 129 Å². The normalized spacial score (nSPS) is 10.8. The quantitative estimate of drug-likeness (QED) is 0.688. The van der Waals surface area contributed by atoms with Gasteiger partial charge in [0.15, 0.2) is 23.1 Å². The second-order valence-corrected chi connectivity index (χ2v) is 4.58. The fraction of sp³-hybridized carbons (Fsp3) is 0.286. The first kappa shape index (κ1) is 16.8. The van der Waals surface area contributed by atoms with Crippen molar-refractivity contribution in [1.29, 1.82) is 0 Å². The van der Waals surface area contributed by atoms with Gasteiger partial charge in [0.25, 0.3) is 5.91 Å². The van der Waals surface area contributed by atoms with Crippen LogP contribution >= 0.6 is 0 Å². The number of nitrogens with one attached hydrogen (secondary N) is 1. The lowest BCUT2D eigenvalue weighted by Crippen LogP contribution is -2.40. The van der Waals surface area contributed by atoms with E-state index in [-0.39, 0.29) is 23.8 Å². The molecule has 0 saturated heterocycles. The van der Waals surface area contributed by atoms with E-state index in [0.717, 1.165) is 12.1 Å². The van der Waals surface area contributed by atoms with Crippen LogP contribution in [0, 0.1) is 11.6 Å². The number of hydrogen-bond acceptors (Lipinski definition) is 6. The molecule has 1 aromatic heterocycles. The lowest BCUT2D eigenvalue weighted by molar-refractivity contribution is 0.0870. The number of aromatic nitrogens is 1. The molecule has 0 radical (unpaired) electrons. The molecule has 124 valence electrons. The highest BCUT2D eigenvalue weighted by atomic mass is 19.2. The molecule has 9 heteroatoms. The molecule has 1 amide bonds. The van der Waals surface area contributed by atoms with Gasteiger partial charge in [0.1, 0.15) is 12.4 Å². The molecule has 7 nitrogen and oxygen atoms in total. The summed E-state index contributed by atoms with van der Waals surface area (Å²) >= 11 is 0. The summed E-state index contributed by atoms with van der Waals surface area (Å²) < 4.78 is 35.9.